The predicted molar refractivity (Wildman–Crippen MR) is 74.3 cm³/mol. The third-order valence-corrected chi connectivity index (χ3v) is 3.69. The van der Waals surface area contributed by atoms with Gasteiger partial charge in [0.1, 0.15) is 0 Å². The topological polar surface area (TPSA) is 12.0 Å². The number of benzene rings is 1. The van der Waals surface area contributed by atoms with Gasteiger partial charge in [-0.1, -0.05) is 25.1 Å². The highest BCUT2D eigenvalue weighted by Gasteiger charge is 1.99. The normalized spacial score (nSPS) is 10.4. The fraction of sp³-hybridized carbons (Fsp3) is 0.429. The van der Waals surface area contributed by atoms with E-state index in [2.05, 4.69) is 50.9 Å². The van der Waals surface area contributed by atoms with Crippen LogP contribution in [0.3, 0.4) is 0 Å². The standard InChI is InChI=1S/C14H21NS/c1-5-15-9-11(2)10-16-14-7-6-12(3)13(4)8-14/h6-8,15H,2,5,9-10H2,1,3-4H3. The molecule has 0 saturated heterocycles. The summed E-state index contributed by atoms with van der Waals surface area (Å²) in [5.41, 5.74) is 3.98. The Morgan fingerprint density at radius 3 is 2.69 bits per heavy atom. The zero-order valence-electron chi connectivity index (χ0n) is 10.5. The lowest BCUT2D eigenvalue weighted by Gasteiger charge is -2.07. The van der Waals surface area contributed by atoms with Gasteiger partial charge in [0, 0.05) is 17.2 Å². The molecule has 0 aliphatic rings. The number of nitrogens with one attached hydrogen (secondary N) is 1. The average molecular weight is 235 g/mol. The first kappa shape index (κ1) is 13.3. The molecule has 0 amide bonds. The molecule has 0 aliphatic heterocycles. The third kappa shape index (κ3) is 4.42. The number of hydrogen-bond acceptors (Lipinski definition) is 2. The highest BCUT2D eigenvalue weighted by Crippen LogP contribution is 2.22. The van der Waals surface area contributed by atoms with Crippen molar-refractivity contribution in [1.82, 2.24) is 5.32 Å². The lowest BCUT2D eigenvalue weighted by molar-refractivity contribution is 0.779. The number of rotatable bonds is 6. The minimum Gasteiger partial charge on any atom is -0.313 e. The lowest BCUT2D eigenvalue weighted by atomic mass is 10.1. The Hall–Kier alpha value is -0.730. The van der Waals surface area contributed by atoms with Crippen molar-refractivity contribution < 1.29 is 0 Å². The van der Waals surface area contributed by atoms with Crippen molar-refractivity contribution in [2.24, 2.45) is 0 Å². The van der Waals surface area contributed by atoms with Crippen molar-refractivity contribution in [2.75, 3.05) is 18.8 Å². The van der Waals surface area contributed by atoms with Crippen LogP contribution in [-0.4, -0.2) is 18.8 Å². The molecular formula is C14H21NS. The molecule has 0 saturated carbocycles. The number of likely N-dealkylation sites (N-methyl/N-ethyl adjacent to an activating group) is 1. The summed E-state index contributed by atoms with van der Waals surface area (Å²) in [6.45, 7) is 12.4. The van der Waals surface area contributed by atoms with Crippen LogP contribution in [0.2, 0.25) is 0 Å². The first-order chi connectivity index (χ1) is 7.63. The van der Waals surface area contributed by atoms with Gasteiger partial charge in [-0.05, 0) is 43.7 Å². The van der Waals surface area contributed by atoms with E-state index in [1.54, 1.807) is 0 Å². The van der Waals surface area contributed by atoms with Crippen LogP contribution < -0.4 is 5.32 Å². The smallest absolute Gasteiger partial charge is 0.0200 e. The molecule has 1 N–H and O–H groups in total. The van der Waals surface area contributed by atoms with Gasteiger partial charge < -0.3 is 5.32 Å². The maximum absolute atomic E-state index is 4.06. The van der Waals surface area contributed by atoms with Crippen molar-refractivity contribution in [1.29, 1.82) is 0 Å². The summed E-state index contributed by atoms with van der Waals surface area (Å²) in [7, 11) is 0. The summed E-state index contributed by atoms with van der Waals surface area (Å²) < 4.78 is 0. The molecule has 1 aromatic rings. The molecular weight excluding hydrogens is 214 g/mol. The van der Waals surface area contributed by atoms with Crippen LogP contribution in [0, 0.1) is 13.8 Å². The Labute approximate surface area is 103 Å². The maximum Gasteiger partial charge on any atom is 0.0200 e. The van der Waals surface area contributed by atoms with Gasteiger partial charge in [0.2, 0.25) is 0 Å². The number of aryl methyl sites for hydroxylation is 2. The van der Waals surface area contributed by atoms with Gasteiger partial charge in [-0.3, -0.25) is 0 Å². The van der Waals surface area contributed by atoms with Gasteiger partial charge in [0.15, 0.2) is 0 Å². The molecule has 0 aliphatic carbocycles. The molecule has 1 rings (SSSR count). The van der Waals surface area contributed by atoms with Crippen LogP contribution >= 0.6 is 11.8 Å². The van der Waals surface area contributed by atoms with E-state index in [1.165, 1.54) is 21.6 Å². The maximum atomic E-state index is 4.06. The second kappa shape index (κ2) is 6.77. The van der Waals surface area contributed by atoms with E-state index in [9.17, 15) is 0 Å². The van der Waals surface area contributed by atoms with Crippen LogP contribution in [0.15, 0.2) is 35.2 Å². The van der Waals surface area contributed by atoms with Gasteiger partial charge in [-0.25, -0.2) is 0 Å². The largest absolute Gasteiger partial charge is 0.313 e. The summed E-state index contributed by atoms with van der Waals surface area (Å²) >= 11 is 1.86. The van der Waals surface area contributed by atoms with Gasteiger partial charge in [-0.2, -0.15) is 0 Å². The molecule has 88 valence electrons. The average Bonchev–Trinajstić information content (AvgIpc) is 2.28. The van der Waals surface area contributed by atoms with Gasteiger partial charge >= 0.3 is 0 Å². The summed E-state index contributed by atoms with van der Waals surface area (Å²) in [6.07, 6.45) is 0. The molecule has 0 unspecified atom stereocenters. The molecule has 1 nitrogen and oxygen atoms in total. The Kier molecular flexibility index (Phi) is 5.64. The fourth-order valence-electron chi connectivity index (χ4n) is 1.34. The molecule has 0 radical (unpaired) electrons. The molecule has 0 bridgehead atoms. The Morgan fingerprint density at radius 2 is 2.06 bits per heavy atom. The van der Waals surface area contributed by atoms with Gasteiger partial charge in [-0.15, -0.1) is 11.8 Å². The molecule has 2 heteroatoms. The van der Waals surface area contributed by atoms with Crippen LogP contribution in [0.1, 0.15) is 18.1 Å². The van der Waals surface area contributed by atoms with E-state index in [0.29, 0.717) is 0 Å². The minimum absolute atomic E-state index is 0.925. The SMILES string of the molecule is C=C(CNCC)CSc1ccc(C)c(C)c1. The van der Waals surface area contributed by atoms with Crippen LogP contribution in [0.5, 0.6) is 0 Å². The van der Waals surface area contributed by atoms with Crippen molar-refractivity contribution in [3.63, 3.8) is 0 Å². The predicted octanol–water partition coefficient (Wildman–Crippen LogP) is 3.56. The first-order valence-corrected chi connectivity index (χ1v) is 6.69. The number of hydrogen-bond donors (Lipinski definition) is 1. The molecule has 16 heavy (non-hydrogen) atoms. The zero-order valence-corrected chi connectivity index (χ0v) is 11.3. The summed E-state index contributed by atoms with van der Waals surface area (Å²) in [4.78, 5) is 1.33. The molecule has 0 heterocycles. The van der Waals surface area contributed by atoms with E-state index >= 15 is 0 Å². The number of thioether (sulfide) groups is 1. The lowest BCUT2D eigenvalue weighted by Crippen LogP contribution is -2.16. The summed E-state index contributed by atoms with van der Waals surface area (Å²) in [5, 5.41) is 3.29. The second-order valence-corrected chi connectivity index (χ2v) is 5.11. The van der Waals surface area contributed by atoms with E-state index < -0.39 is 0 Å². The van der Waals surface area contributed by atoms with E-state index in [0.717, 1.165) is 18.8 Å². The van der Waals surface area contributed by atoms with Crippen LogP contribution in [0.4, 0.5) is 0 Å². The second-order valence-electron chi connectivity index (χ2n) is 4.07. The van der Waals surface area contributed by atoms with Gasteiger partial charge in [0.05, 0.1) is 0 Å². The molecule has 0 aromatic heterocycles. The van der Waals surface area contributed by atoms with E-state index in [-0.39, 0.29) is 0 Å². The van der Waals surface area contributed by atoms with Crippen LogP contribution in [0.25, 0.3) is 0 Å². The fourth-order valence-corrected chi connectivity index (χ4v) is 2.24. The first-order valence-electron chi connectivity index (χ1n) is 5.71. The minimum atomic E-state index is 0.925. The molecule has 0 fully saturated rings. The Morgan fingerprint density at radius 1 is 1.31 bits per heavy atom. The van der Waals surface area contributed by atoms with E-state index in [4.69, 9.17) is 0 Å². The monoisotopic (exact) mass is 235 g/mol. The molecule has 0 spiro atoms. The van der Waals surface area contributed by atoms with Crippen molar-refractivity contribution >= 4 is 11.8 Å². The molecule has 0 atom stereocenters. The quantitative estimate of drug-likeness (QED) is 0.597. The highest BCUT2D eigenvalue weighted by molar-refractivity contribution is 7.99. The van der Waals surface area contributed by atoms with Crippen molar-refractivity contribution in [2.45, 2.75) is 25.7 Å². The Bertz CT molecular complexity index is 358. The van der Waals surface area contributed by atoms with Gasteiger partial charge in [0.25, 0.3) is 0 Å². The van der Waals surface area contributed by atoms with Crippen molar-refractivity contribution in [3.05, 3.63) is 41.5 Å². The summed E-state index contributed by atoms with van der Waals surface area (Å²) in [6, 6.07) is 6.62. The molecule has 1 aromatic carbocycles. The Balaban J connectivity index is 2.42. The third-order valence-electron chi connectivity index (χ3n) is 2.55. The van der Waals surface area contributed by atoms with Crippen molar-refractivity contribution in [3.8, 4) is 0 Å². The van der Waals surface area contributed by atoms with E-state index in [1.807, 2.05) is 11.8 Å². The highest BCUT2D eigenvalue weighted by atomic mass is 32.2. The zero-order chi connectivity index (χ0) is 12.0. The van der Waals surface area contributed by atoms with Crippen LogP contribution in [-0.2, 0) is 0 Å². The summed E-state index contributed by atoms with van der Waals surface area (Å²) in [5.74, 6) is 0.996.